The number of hydrogen-bond donors (Lipinski definition) is 1. The summed E-state index contributed by atoms with van der Waals surface area (Å²) >= 11 is 1.56. The van der Waals surface area contributed by atoms with E-state index >= 15 is 0 Å². The summed E-state index contributed by atoms with van der Waals surface area (Å²) in [5.41, 5.74) is 1.85. The molecule has 0 aliphatic heterocycles. The van der Waals surface area contributed by atoms with Gasteiger partial charge in [0.1, 0.15) is 11.1 Å². The maximum Gasteiger partial charge on any atom is 0.221 e. The standard InChI is InChI=1S/C12H14N2OS/c1-7-4-3-5-10-11(7)9(6-13)12(16-10)14-8(2)15/h7H,3-5H2,1-2H3,(H,14,15). The van der Waals surface area contributed by atoms with Crippen LogP contribution < -0.4 is 5.32 Å². The van der Waals surface area contributed by atoms with Crippen LogP contribution in [0.2, 0.25) is 0 Å². The van der Waals surface area contributed by atoms with Crippen LogP contribution in [0.1, 0.15) is 48.6 Å². The molecule has 1 aromatic rings. The highest BCUT2D eigenvalue weighted by Crippen LogP contribution is 2.42. The van der Waals surface area contributed by atoms with Gasteiger partial charge in [-0.25, -0.2) is 0 Å². The van der Waals surface area contributed by atoms with Gasteiger partial charge >= 0.3 is 0 Å². The molecule has 2 rings (SSSR count). The molecular weight excluding hydrogens is 220 g/mol. The van der Waals surface area contributed by atoms with Crippen molar-refractivity contribution in [2.45, 2.75) is 39.0 Å². The number of anilines is 1. The fraction of sp³-hybridized carbons (Fsp3) is 0.500. The zero-order chi connectivity index (χ0) is 11.7. The zero-order valence-electron chi connectivity index (χ0n) is 9.46. The third-order valence-corrected chi connectivity index (χ3v) is 4.14. The Balaban J connectivity index is 2.49. The van der Waals surface area contributed by atoms with E-state index in [4.69, 9.17) is 0 Å². The second-order valence-electron chi connectivity index (χ2n) is 4.23. The van der Waals surface area contributed by atoms with Gasteiger partial charge in [0, 0.05) is 11.8 Å². The molecular formula is C12H14N2OS. The summed E-state index contributed by atoms with van der Waals surface area (Å²) in [5.74, 6) is 0.333. The molecule has 0 radical (unpaired) electrons. The first kappa shape index (κ1) is 11.2. The van der Waals surface area contributed by atoms with Crippen molar-refractivity contribution in [1.82, 2.24) is 0 Å². The monoisotopic (exact) mass is 234 g/mol. The maximum atomic E-state index is 11.1. The summed E-state index contributed by atoms with van der Waals surface area (Å²) in [6, 6.07) is 2.24. The van der Waals surface area contributed by atoms with Crippen LogP contribution in [0, 0.1) is 11.3 Å². The van der Waals surface area contributed by atoms with Crippen LogP contribution in [0.25, 0.3) is 0 Å². The van der Waals surface area contributed by atoms with Crippen molar-refractivity contribution in [3.8, 4) is 6.07 Å². The lowest BCUT2D eigenvalue weighted by molar-refractivity contribution is -0.114. The number of thiophene rings is 1. The van der Waals surface area contributed by atoms with E-state index in [-0.39, 0.29) is 5.91 Å². The van der Waals surface area contributed by atoms with Gasteiger partial charge in [-0.15, -0.1) is 11.3 Å². The molecule has 1 heterocycles. The lowest BCUT2D eigenvalue weighted by atomic mass is 9.87. The first-order valence-electron chi connectivity index (χ1n) is 5.46. The predicted molar refractivity (Wildman–Crippen MR) is 64.7 cm³/mol. The van der Waals surface area contributed by atoms with Crippen LogP contribution >= 0.6 is 11.3 Å². The Morgan fingerprint density at radius 1 is 1.62 bits per heavy atom. The second kappa shape index (κ2) is 4.26. The Morgan fingerprint density at radius 3 is 3.00 bits per heavy atom. The average Bonchev–Trinajstić information content (AvgIpc) is 2.55. The number of fused-ring (bicyclic) bond motifs is 1. The minimum Gasteiger partial charge on any atom is -0.317 e. The fourth-order valence-electron chi connectivity index (χ4n) is 2.27. The van der Waals surface area contributed by atoms with Crippen LogP contribution in [-0.4, -0.2) is 5.91 Å². The Bertz CT molecular complexity index is 470. The normalized spacial score (nSPS) is 18.7. The third kappa shape index (κ3) is 1.83. The van der Waals surface area contributed by atoms with E-state index in [0.29, 0.717) is 11.5 Å². The highest BCUT2D eigenvalue weighted by Gasteiger charge is 2.25. The van der Waals surface area contributed by atoms with Gasteiger partial charge in [-0.3, -0.25) is 4.79 Å². The summed E-state index contributed by atoms with van der Waals surface area (Å²) in [7, 11) is 0. The quantitative estimate of drug-likeness (QED) is 0.812. The first-order valence-corrected chi connectivity index (χ1v) is 6.28. The van der Waals surface area contributed by atoms with Gasteiger partial charge in [0.25, 0.3) is 0 Å². The smallest absolute Gasteiger partial charge is 0.221 e. The molecule has 1 aliphatic rings. The van der Waals surface area contributed by atoms with Crippen molar-refractivity contribution in [2.75, 3.05) is 5.32 Å². The summed E-state index contributed by atoms with van der Waals surface area (Å²) in [4.78, 5) is 12.3. The second-order valence-corrected chi connectivity index (χ2v) is 5.33. The Kier molecular flexibility index (Phi) is 2.97. The van der Waals surface area contributed by atoms with Gasteiger partial charge in [0.15, 0.2) is 0 Å². The number of nitriles is 1. The lowest BCUT2D eigenvalue weighted by Crippen LogP contribution is -2.07. The Morgan fingerprint density at radius 2 is 2.38 bits per heavy atom. The fourth-order valence-corrected chi connectivity index (χ4v) is 3.63. The van der Waals surface area contributed by atoms with Gasteiger partial charge in [-0.05, 0) is 30.7 Å². The van der Waals surface area contributed by atoms with Crippen molar-refractivity contribution in [2.24, 2.45) is 0 Å². The summed E-state index contributed by atoms with van der Waals surface area (Å²) in [5, 5.41) is 12.7. The molecule has 16 heavy (non-hydrogen) atoms. The number of carbonyl (C=O) groups is 1. The molecule has 1 amide bonds. The molecule has 1 aromatic heterocycles. The lowest BCUT2D eigenvalue weighted by Gasteiger charge is -2.18. The van der Waals surface area contributed by atoms with Crippen molar-refractivity contribution in [1.29, 1.82) is 5.26 Å². The van der Waals surface area contributed by atoms with Crippen LogP contribution in [-0.2, 0) is 11.2 Å². The van der Waals surface area contributed by atoms with Crippen molar-refractivity contribution in [3.63, 3.8) is 0 Å². The van der Waals surface area contributed by atoms with Crippen molar-refractivity contribution < 1.29 is 4.79 Å². The highest BCUT2D eigenvalue weighted by molar-refractivity contribution is 7.16. The highest BCUT2D eigenvalue weighted by atomic mass is 32.1. The predicted octanol–water partition coefficient (Wildman–Crippen LogP) is 3.02. The topological polar surface area (TPSA) is 52.9 Å². The maximum absolute atomic E-state index is 11.1. The molecule has 0 spiro atoms. The molecule has 3 nitrogen and oxygen atoms in total. The van der Waals surface area contributed by atoms with E-state index < -0.39 is 0 Å². The Hall–Kier alpha value is -1.34. The molecule has 1 unspecified atom stereocenters. The van der Waals surface area contributed by atoms with Crippen LogP contribution in [0.3, 0.4) is 0 Å². The van der Waals surface area contributed by atoms with E-state index in [2.05, 4.69) is 18.3 Å². The number of amides is 1. The molecule has 0 fully saturated rings. The molecule has 0 bridgehead atoms. The largest absolute Gasteiger partial charge is 0.317 e. The minimum absolute atomic E-state index is 0.109. The minimum atomic E-state index is -0.109. The number of aryl methyl sites for hydroxylation is 1. The molecule has 4 heteroatoms. The molecule has 1 aliphatic carbocycles. The number of carbonyl (C=O) groups excluding carboxylic acids is 1. The van der Waals surface area contributed by atoms with E-state index in [1.54, 1.807) is 11.3 Å². The van der Waals surface area contributed by atoms with Crippen LogP contribution in [0.4, 0.5) is 5.00 Å². The van der Waals surface area contributed by atoms with Gasteiger partial charge in [-0.2, -0.15) is 5.26 Å². The van der Waals surface area contributed by atoms with Gasteiger partial charge in [0.2, 0.25) is 5.91 Å². The van der Waals surface area contributed by atoms with Crippen molar-refractivity contribution in [3.05, 3.63) is 16.0 Å². The van der Waals surface area contributed by atoms with E-state index in [0.717, 1.165) is 17.8 Å². The number of hydrogen-bond acceptors (Lipinski definition) is 3. The van der Waals surface area contributed by atoms with E-state index in [1.165, 1.54) is 23.8 Å². The van der Waals surface area contributed by atoms with Gasteiger partial charge in [-0.1, -0.05) is 6.92 Å². The number of rotatable bonds is 1. The first-order chi connectivity index (χ1) is 7.63. The average molecular weight is 234 g/mol. The van der Waals surface area contributed by atoms with Gasteiger partial charge < -0.3 is 5.32 Å². The summed E-state index contributed by atoms with van der Waals surface area (Å²) < 4.78 is 0. The third-order valence-electron chi connectivity index (χ3n) is 2.96. The zero-order valence-corrected chi connectivity index (χ0v) is 10.3. The van der Waals surface area contributed by atoms with E-state index in [1.807, 2.05) is 0 Å². The SMILES string of the molecule is CC(=O)Nc1sc2c(c1C#N)C(C)CCC2. The molecule has 0 saturated heterocycles. The molecule has 0 saturated carbocycles. The number of nitrogens with zero attached hydrogens (tertiary/aromatic N) is 1. The van der Waals surface area contributed by atoms with Crippen LogP contribution in [0.5, 0.6) is 0 Å². The molecule has 0 aromatic carbocycles. The van der Waals surface area contributed by atoms with Crippen molar-refractivity contribution >= 4 is 22.2 Å². The molecule has 84 valence electrons. The molecule has 1 N–H and O–H groups in total. The van der Waals surface area contributed by atoms with Crippen LogP contribution in [0.15, 0.2) is 0 Å². The summed E-state index contributed by atoms with van der Waals surface area (Å²) in [6.07, 6.45) is 3.36. The number of nitrogens with one attached hydrogen (secondary N) is 1. The van der Waals surface area contributed by atoms with E-state index in [9.17, 15) is 10.1 Å². The molecule has 1 atom stereocenters. The van der Waals surface area contributed by atoms with Gasteiger partial charge in [0.05, 0.1) is 5.56 Å². The Labute approximate surface area is 99.1 Å². The summed E-state index contributed by atoms with van der Waals surface area (Å²) in [6.45, 7) is 3.63.